The van der Waals surface area contributed by atoms with Crippen LogP contribution in [-0.2, 0) is 0 Å². The van der Waals surface area contributed by atoms with E-state index in [2.05, 4.69) is 176 Å². The zero-order chi connectivity index (χ0) is 36.4. The van der Waals surface area contributed by atoms with Crippen LogP contribution in [0.15, 0.2) is 195 Å². The van der Waals surface area contributed by atoms with E-state index in [1.807, 2.05) is 36.4 Å². The molecule has 256 valence electrons. The number of rotatable bonds is 8. The molecular formula is C51H37N3. The minimum atomic E-state index is 0.712. The number of fused-ring (bicyclic) bond motifs is 2. The molecule has 0 radical (unpaired) electrons. The molecule has 0 bridgehead atoms. The summed E-state index contributed by atoms with van der Waals surface area (Å²) in [5.41, 5.74) is 14.3. The monoisotopic (exact) mass is 691 g/mol. The minimum Gasteiger partial charge on any atom is -0.310 e. The maximum absolute atomic E-state index is 5.14. The van der Waals surface area contributed by atoms with Gasteiger partial charge in [-0.2, -0.15) is 0 Å². The molecular weight excluding hydrogens is 655 g/mol. The Bertz CT molecular complexity index is 2770. The Morgan fingerprint density at radius 2 is 1.07 bits per heavy atom. The normalized spacial score (nSPS) is 11.4. The van der Waals surface area contributed by atoms with Gasteiger partial charge in [0.25, 0.3) is 0 Å². The molecule has 0 aliphatic heterocycles. The number of allylic oxidation sites excluding steroid dienone is 2. The first-order valence-corrected chi connectivity index (χ1v) is 18.3. The molecule has 0 fully saturated rings. The van der Waals surface area contributed by atoms with E-state index in [0.717, 1.165) is 44.8 Å². The fourth-order valence-corrected chi connectivity index (χ4v) is 7.56. The summed E-state index contributed by atoms with van der Waals surface area (Å²) in [4.78, 5) is 10.2. The molecule has 0 saturated carbocycles. The highest BCUT2D eigenvalue weighted by Gasteiger charge is 2.16. The number of aromatic nitrogens is 3. The lowest BCUT2D eigenvalue weighted by Crippen LogP contribution is -1.97. The molecule has 0 spiro atoms. The van der Waals surface area contributed by atoms with E-state index < -0.39 is 0 Å². The second kappa shape index (κ2) is 14.1. The SMILES string of the molecule is C=C/C=C\c1c(C)c2ccccc2n1-c1cccc(-c2ccc(-c3ccc(-c4cc(-c5ccccc5)nc(-c5ccccc5)n4)c4ccccc34)cc2)c1. The number of hydrogen-bond donors (Lipinski definition) is 0. The molecule has 0 aliphatic carbocycles. The van der Waals surface area contributed by atoms with Crippen molar-refractivity contribution >= 4 is 27.8 Å². The number of benzene rings is 7. The highest BCUT2D eigenvalue weighted by molar-refractivity contribution is 6.05. The van der Waals surface area contributed by atoms with Gasteiger partial charge in [0.1, 0.15) is 0 Å². The third kappa shape index (κ3) is 6.02. The zero-order valence-corrected chi connectivity index (χ0v) is 30.0. The first-order valence-electron chi connectivity index (χ1n) is 18.3. The van der Waals surface area contributed by atoms with Gasteiger partial charge in [-0.15, -0.1) is 0 Å². The molecule has 0 unspecified atom stereocenters. The lowest BCUT2D eigenvalue weighted by Gasteiger charge is -2.14. The standard InChI is InChI=1S/C51H37N3/c1-3-4-25-49-35(2)42-22-13-14-26-50(42)54(49)41-21-15-20-40(33-41)36-27-29-37(30-28-36)43-31-32-46(45-24-12-11-23-44(43)45)48-34-47(38-16-7-5-8-17-38)52-51(53-48)39-18-9-6-10-19-39/h3-34H,1H2,2H3/b25-4-. The molecule has 9 rings (SSSR count). The average molecular weight is 692 g/mol. The van der Waals surface area contributed by atoms with Crippen molar-refractivity contribution in [3.8, 4) is 61.8 Å². The third-order valence-electron chi connectivity index (χ3n) is 10.2. The summed E-state index contributed by atoms with van der Waals surface area (Å²) in [5.74, 6) is 0.712. The molecule has 2 aromatic heterocycles. The second-order valence-electron chi connectivity index (χ2n) is 13.5. The fourth-order valence-electron chi connectivity index (χ4n) is 7.56. The number of para-hydroxylation sites is 1. The van der Waals surface area contributed by atoms with Crippen molar-refractivity contribution in [3.05, 3.63) is 206 Å². The fraction of sp³-hybridized carbons (Fsp3) is 0.0196. The molecule has 0 N–H and O–H groups in total. The van der Waals surface area contributed by atoms with E-state index in [-0.39, 0.29) is 0 Å². The summed E-state index contributed by atoms with van der Waals surface area (Å²) in [6.45, 7) is 6.10. The first kappa shape index (κ1) is 32.8. The van der Waals surface area contributed by atoms with E-state index >= 15 is 0 Å². The molecule has 54 heavy (non-hydrogen) atoms. The minimum absolute atomic E-state index is 0.712. The smallest absolute Gasteiger partial charge is 0.160 e. The van der Waals surface area contributed by atoms with Gasteiger partial charge in [0.05, 0.1) is 16.9 Å². The lowest BCUT2D eigenvalue weighted by molar-refractivity contribution is 1.10. The average Bonchev–Trinajstić information content (AvgIpc) is 3.53. The summed E-state index contributed by atoms with van der Waals surface area (Å²) < 4.78 is 2.35. The Balaban J connectivity index is 1.10. The summed E-state index contributed by atoms with van der Waals surface area (Å²) in [7, 11) is 0. The lowest BCUT2D eigenvalue weighted by atomic mass is 9.92. The van der Waals surface area contributed by atoms with Crippen LogP contribution in [0.5, 0.6) is 0 Å². The van der Waals surface area contributed by atoms with Crippen molar-refractivity contribution in [1.82, 2.24) is 14.5 Å². The van der Waals surface area contributed by atoms with Crippen LogP contribution in [0.4, 0.5) is 0 Å². The number of hydrogen-bond acceptors (Lipinski definition) is 2. The molecule has 0 saturated heterocycles. The van der Waals surface area contributed by atoms with Crippen LogP contribution in [0.25, 0.3) is 89.6 Å². The molecule has 3 nitrogen and oxygen atoms in total. The summed E-state index contributed by atoms with van der Waals surface area (Å²) in [5, 5.41) is 3.59. The van der Waals surface area contributed by atoms with Gasteiger partial charge in [-0.3, -0.25) is 0 Å². The maximum Gasteiger partial charge on any atom is 0.160 e. The Hall–Kier alpha value is -7.10. The van der Waals surface area contributed by atoms with Crippen molar-refractivity contribution in [3.63, 3.8) is 0 Å². The van der Waals surface area contributed by atoms with Gasteiger partial charge >= 0.3 is 0 Å². The maximum atomic E-state index is 5.14. The van der Waals surface area contributed by atoms with Crippen molar-refractivity contribution < 1.29 is 0 Å². The second-order valence-corrected chi connectivity index (χ2v) is 13.5. The zero-order valence-electron chi connectivity index (χ0n) is 30.0. The highest BCUT2D eigenvalue weighted by atomic mass is 15.0. The molecule has 0 amide bonds. The van der Waals surface area contributed by atoms with Crippen LogP contribution in [0.2, 0.25) is 0 Å². The van der Waals surface area contributed by atoms with E-state index in [1.165, 1.54) is 44.1 Å². The van der Waals surface area contributed by atoms with Crippen LogP contribution in [0.1, 0.15) is 11.3 Å². The van der Waals surface area contributed by atoms with Crippen LogP contribution in [0.3, 0.4) is 0 Å². The van der Waals surface area contributed by atoms with Gasteiger partial charge in [0.2, 0.25) is 0 Å². The van der Waals surface area contributed by atoms with Gasteiger partial charge in [-0.05, 0) is 75.9 Å². The Labute approximate surface area is 315 Å². The molecule has 2 heterocycles. The van der Waals surface area contributed by atoms with E-state index in [1.54, 1.807) is 0 Å². The molecule has 3 heteroatoms. The van der Waals surface area contributed by atoms with Gasteiger partial charge < -0.3 is 4.57 Å². The topological polar surface area (TPSA) is 30.7 Å². The first-order chi connectivity index (χ1) is 26.7. The third-order valence-corrected chi connectivity index (χ3v) is 10.2. The van der Waals surface area contributed by atoms with Crippen molar-refractivity contribution in [1.29, 1.82) is 0 Å². The molecule has 0 atom stereocenters. The Morgan fingerprint density at radius 1 is 0.481 bits per heavy atom. The van der Waals surface area contributed by atoms with Gasteiger partial charge in [0, 0.05) is 33.5 Å². The van der Waals surface area contributed by atoms with Crippen LogP contribution >= 0.6 is 0 Å². The van der Waals surface area contributed by atoms with Gasteiger partial charge in [-0.25, -0.2) is 9.97 Å². The van der Waals surface area contributed by atoms with Crippen molar-refractivity contribution in [2.45, 2.75) is 6.92 Å². The molecule has 7 aromatic carbocycles. The largest absolute Gasteiger partial charge is 0.310 e. The number of aryl methyl sites for hydroxylation is 1. The van der Waals surface area contributed by atoms with Gasteiger partial charge in [-0.1, -0.05) is 170 Å². The van der Waals surface area contributed by atoms with Crippen molar-refractivity contribution in [2.24, 2.45) is 0 Å². The van der Waals surface area contributed by atoms with Crippen LogP contribution in [-0.4, -0.2) is 14.5 Å². The predicted octanol–water partition coefficient (Wildman–Crippen LogP) is 13.4. The Kier molecular flexibility index (Phi) is 8.58. The Morgan fingerprint density at radius 3 is 1.81 bits per heavy atom. The molecule has 9 aromatic rings. The number of nitrogens with zero attached hydrogens (tertiary/aromatic N) is 3. The summed E-state index contributed by atoms with van der Waals surface area (Å²) in [6, 6.07) is 62.1. The van der Waals surface area contributed by atoms with Crippen molar-refractivity contribution in [2.75, 3.05) is 0 Å². The van der Waals surface area contributed by atoms with Crippen LogP contribution < -0.4 is 0 Å². The van der Waals surface area contributed by atoms with Gasteiger partial charge in [0.15, 0.2) is 5.82 Å². The summed E-state index contributed by atoms with van der Waals surface area (Å²) >= 11 is 0. The quantitative estimate of drug-likeness (QED) is 0.149. The van der Waals surface area contributed by atoms with E-state index in [9.17, 15) is 0 Å². The van der Waals surface area contributed by atoms with E-state index in [4.69, 9.17) is 9.97 Å². The summed E-state index contributed by atoms with van der Waals surface area (Å²) in [6.07, 6.45) is 5.98. The highest BCUT2D eigenvalue weighted by Crippen LogP contribution is 2.38. The van der Waals surface area contributed by atoms with E-state index in [0.29, 0.717) is 5.82 Å². The molecule has 0 aliphatic rings. The van der Waals surface area contributed by atoms with Crippen LogP contribution in [0, 0.1) is 6.92 Å². The predicted molar refractivity (Wildman–Crippen MR) is 228 cm³/mol.